The number of hydrogen-bond donors (Lipinski definition) is 1. The van der Waals surface area contributed by atoms with Crippen molar-refractivity contribution in [1.29, 1.82) is 0 Å². The average Bonchev–Trinajstić information content (AvgIpc) is 3.32. The van der Waals surface area contributed by atoms with Gasteiger partial charge in [0.1, 0.15) is 12.3 Å². The van der Waals surface area contributed by atoms with Gasteiger partial charge in [-0.05, 0) is 44.0 Å². The molecule has 2 heterocycles. The summed E-state index contributed by atoms with van der Waals surface area (Å²) in [6.45, 7) is 2.64. The number of hydrogen-bond acceptors (Lipinski definition) is 6. The molecule has 1 atom stereocenters. The summed E-state index contributed by atoms with van der Waals surface area (Å²) in [4.78, 5) is 30.8. The number of thiazole rings is 1. The molecule has 0 saturated carbocycles. The summed E-state index contributed by atoms with van der Waals surface area (Å²) in [6.07, 6.45) is 1.77. The van der Waals surface area contributed by atoms with Crippen LogP contribution in [0.3, 0.4) is 0 Å². The molecule has 1 saturated heterocycles. The summed E-state index contributed by atoms with van der Waals surface area (Å²) in [5.41, 5.74) is 0.837. The Balaban J connectivity index is 1.58. The van der Waals surface area contributed by atoms with Crippen molar-refractivity contribution in [3.63, 3.8) is 0 Å². The number of nitrogens with one attached hydrogen (secondary N) is 1. The maximum Gasteiger partial charge on any atom is 0.261 e. The van der Waals surface area contributed by atoms with Gasteiger partial charge in [0.15, 0.2) is 11.7 Å². The molecule has 1 aliphatic rings. The number of rotatable bonds is 8. The van der Waals surface area contributed by atoms with E-state index in [-0.39, 0.29) is 31.1 Å². The summed E-state index contributed by atoms with van der Waals surface area (Å²) >= 11 is 7.20. The molecule has 1 aromatic heterocycles. The predicted molar refractivity (Wildman–Crippen MR) is 108 cm³/mol. The third-order valence-corrected chi connectivity index (χ3v) is 5.30. The minimum absolute atomic E-state index is 0.0608. The Bertz CT molecular complexity index is 806. The molecular weight excluding hydrogens is 402 g/mol. The predicted octanol–water partition coefficient (Wildman–Crippen LogP) is 3.13. The monoisotopic (exact) mass is 423 g/mol. The van der Waals surface area contributed by atoms with Crippen LogP contribution in [-0.2, 0) is 14.3 Å². The number of aromatic nitrogens is 1. The fourth-order valence-corrected chi connectivity index (χ4v) is 3.63. The molecule has 1 unspecified atom stereocenters. The molecule has 1 N–H and O–H groups in total. The van der Waals surface area contributed by atoms with E-state index in [0.29, 0.717) is 29.1 Å². The fraction of sp³-hybridized carbons (Fsp3) is 0.421. The molecule has 9 heteroatoms. The maximum absolute atomic E-state index is 12.7. The van der Waals surface area contributed by atoms with E-state index < -0.39 is 0 Å². The van der Waals surface area contributed by atoms with E-state index in [0.717, 1.165) is 18.5 Å². The van der Waals surface area contributed by atoms with Crippen LogP contribution in [0, 0.1) is 6.92 Å². The average molecular weight is 424 g/mol. The topological polar surface area (TPSA) is 80.8 Å². The second-order valence-electron chi connectivity index (χ2n) is 6.49. The van der Waals surface area contributed by atoms with Crippen molar-refractivity contribution in [2.24, 2.45) is 0 Å². The van der Waals surface area contributed by atoms with Gasteiger partial charge in [-0.2, -0.15) is 0 Å². The normalized spacial score (nSPS) is 16.0. The van der Waals surface area contributed by atoms with Gasteiger partial charge in [0, 0.05) is 23.6 Å². The van der Waals surface area contributed by atoms with E-state index in [1.807, 2.05) is 12.3 Å². The van der Waals surface area contributed by atoms with Crippen LogP contribution in [0.25, 0.3) is 0 Å². The molecule has 1 aliphatic heterocycles. The Hall–Kier alpha value is -2.16. The second kappa shape index (κ2) is 9.86. The highest BCUT2D eigenvalue weighted by Gasteiger charge is 2.25. The first-order valence-electron chi connectivity index (χ1n) is 8.99. The lowest BCUT2D eigenvalue weighted by Gasteiger charge is -2.24. The zero-order valence-corrected chi connectivity index (χ0v) is 17.1. The lowest BCUT2D eigenvalue weighted by molar-refractivity contribution is -0.138. The van der Waals surface area contributed by atoms with E-state index in [1.165, 1.54) is 16.2 Å². The van der Waals surface area contributed by atoms with Gasteiger partial charge in [-0.3, -0.25) is 9.59 Å². The number of benzene rings is 1. The first-order valence-corrected chi connectivity index (χ1v) is 10.2. The Morgan fingerprint density at radius 1 is 1.39 bits per heavy atom. The van der Waals surface area contributed by atoms with Crippen molar-refractivity contribution in [3.05, 3.63) is 40.4 Å². The molecule has 0 aliphatic carbocycles. The summed E-state index contributed by atoms with van der Waals surface area (Å²) in [5, 5.41) is 5.69. The summed E-state index contributed by atoms with van der Waals surface area (Å²) in [6, 6.07) is 6.76. The van der Waals surface area contributed by atoms with Gasteiger partial charge < -0.3 is 19.7 Å². The van der Waals surface area contributed by atoms with Crippen molar-refractivity contribution in [2.75, 3.05) is 31.6 Å². The van der Waals surface area contributed by atoms with E-state index in [9.17, 15) is 9.59 Å². The quantitative estimate of drug-likeness (QED) is 0.705. The van der Waals surface area contributed by atoms with Crippen LogP contribution < -0.4 is 10.1 Å². The largest absolute Gasteiger partial charge is 0.484 e. The number of ether oxygens (including phenoxy) is 2. The number of amides is 2. The van der Waals surface area contributed by atoms with Crippen LogP contribution >= 0.6 is 22.9 Å². The minimum atomic E-state index is -0.299. The highest BCUT2D eigenvalue weighted by atomic mass is 35.5. The number of anilines is 1. The van der Waals surface area contributed by atoms with Crippen LogP contribution in [0.5, 0.6) is 5.75 Å². The lowest BCUT2D eigenvalue weighted by Crippen LogP contribution is -2.44. The molecular formula is C19H22ClN3O4S. The molecule has 2 aromatic rings. The fourth-order valence-electron chi connectivity index (χ4n) is 2.80. The Labute approximate surface area is 172 Å². The highest BCUT2D eigenvalue weighted by molar-refractivity contribution is 7.13. The van der Waals surface area contributed by atoms with Gasteiger partial charge in [0.25, 0.3) is 5.91 Å². The zero-order chi connectivity index (χ0) is 19.9. The van der Waals surface area contributed by atoms with Crippen LogP contribution in [0.4, 0.5) is 5.13 Å². The molecule has 0 bridgehead atoms. The molecule has 3 rings (SSSR count). The highest BCUT2D eigenvalue weighted by Crippen LogP contribution is 2.17. The molecule has 1 fully saturated rings. The van der Waals surface area contributed by atoms with Crippen LogP contribution in [0.1, 0.15) is 18.5 Å². The molecule has 2 amide bonds. The van der Waals surface area contributed by atoms with E-state index in [4.69, 9.17) is 21.1 Å². The Morgan fingerprint density at radius 2 is 2.18 bits per heavy atom. The third-order valence-electron chi connectivity index (χ3n) is 4.18. The van der Waals surface area contributed by atoms with Crippen LogP contribution in [0.2, 0.25) is 5.02 Å². The molecule has 28 heavy (non-hydrogen) atoms. The van der Waals surface area contributed by atoms with Crippen molar-refractivity contribution < 1.29 is 19.1 Å². The number of carbonyl (C=O) groups is 2. The Morgan fingerprint density at radius 3 is 2.82 bits per heavy atom. The smallest absolute Gasteiger partial charge is 0.261 e. The second-order valence-corrected chi connectivity index (χ2v) is 7.79. The minimum Gasteiger partial charge on any atom is -0.484 e. The van der Waals surface area contributed by atoms with E-state index in [2.05, 4.69) is 10.3 Å². The molecule has 7 nitrogen and oxygen atoms in total. The molecule has 150 valence electrons. The van der Waals surface area contributed by atoms with Crippen molar-refractivity contribution in [1.82, 2.24) is 9.88 Å². The standard InChI is InChI=1S/C19H22ClN3O4S/c1-13-12-28-19(21-13)22-17(24)10-23(9-16-3-2-8-26-16)18(25)11-27-15-6-4-14(20)5-7-15/h4-7,12,16H,2-3,8-11H2,1H3,(H,21,22,24). The van der Waals surface area contributed by atoms with E-state index in [1.54, 1.807) is 24.3 Å². The first-order chi connectivity index (χ1) is 13.5. The molecule has 1 aromatic carbocycles. The summed E-state index contributed by atoms with van der Waals surface area (Å²) in [7, 11) is 0. The van der Waals surface area contributed by atoms with Gasteiger partial charge in [-0.25, -0.2) is 4.98 Å². The SMILES string of the molecule is Cc1csc(NC(=O)CN(CC2CCCO2)C(=O)COc2ccc(Cl)cc2)n1. The van der Waals surface area contributed by atoms with E-state index >= 15 is 0 Å². The zero-order valence-electron chi connectivity index (χ0n) is 15.5. The van der Waals surface area contributed by atoms with Crippen molar-refractivity contribution in [2.45, 2.75) is 25.9 Å². The number of carbonyl (C=O) groups excluding carboxylic acids is 2. The first kappa shape index (κ1) is 20.6. The van der Waals surface area contributed by atoms with Crippen molar-refractivity contribution >= 4 is 39.9 Å². The third kappa shape index (κ3) is 6.19. The molecule has 0 spiro atoms. The number of nitrogens with zero attached hydrogens (tertiary/aromatic N) is 2. The van der Waals surface area contributed by atoms with Gasteiger partial charge in [0.05, 0.1) is 11.8 Å². The van der Waals surface area contributed by atoms with Crippen LogP contribution in [0.15, 0.2) is 29.6 Å². The Kier molecular flexibility index (Phi) is 7.24. The van der Waals surface area contributed by atoms with Crippen LogP contribution in [-0.4, -0.2) is 54.1 Å². The van der Waals surface area contributed by atoms with Gasteiger partial charge in [-0.15, -0.1) is 11.3 Å². The molecule has 0 radical (unpaired) electrons. The van der Waals surface area contributed by atoms with Gasteiger partial charge in [-0.1, -0.05) is 11.6 Å². The van der Waals surface area contributed by atoms with Gasteiger partial charge >= 0.3 is 0 Å². The summed E-state index contributed by atoms with van der Waals surface area (Å²) in [5.74, 6) is -0.0411. The van der Waals surface area contributed by atoms with Gasteiger partial charge in [0.2, 0.25) is 5.91 Å². The maximum atomic E-state index is 12.7. The number of aryl methyl sites for hydroxylation is 1. The number of halogens is 1. The summed E-state index contributed by atoms with van der Waals surface area (Å²) < 4.78 is 11.2. The lowest BCUT2D eigenvalue weighted by atomic mass is 10.2. The van der Waals surface area contributed by atoms with Crippen molar-refractivity contribution in [3.8, 4) is 5.75 Å².